The normalized spacial score (nSPS) is 14.2. The van der Waals surface area contributed by atoms with Crippen molar-refractivity contribution in [2.45, 2.75) is 70.5 Å². The van der Waals surface area contributed by atoms with E-state index >= 15 is 0 Å². The Hall–Kier alpha value is -2.16. The minimum atomic E-state index is -2.59. The maximum atomic E-state index is 13.8. The van der Waals surface area contributed by atoms with Gasteiger partial charge in [-0.2, -0.15) is 17.6 Å². The predicted molar refractivity (Wildman–Crippen MR) is 110 cm³/mol. The van der Waals surface area contributed by atoms with Crippen molar-refractivity contribution in [3.63, 3.8) is 0 Å². The van der Waals surface area contributed by atoms with Crippen LogP contribution in [0.2, 0.25) is 0 Å². The molecule has 0 amide bonds. The van der Waals surface area contributed by atoms with Crippen LogP contribution >= 0.6 is 11.6 Å². The Morgan fingerprint density at radius 1 is 1.00 bits per heavy atom. The lowest BCUT2D eigenvalue weighted by Gasteiger charge is -2.27. The monoisotopic (exact) mass is 486 g/mol. The Labute approximate surface area is 188 Å². The van der Waals surface area contributed by atoms with Crippen LogP contribution in [0.3, 0.4) is 0 Å². The van der Waals surface area contributed by atoms with E-state index in [-0.39, 0.29) is 23.5 Å². The maximum Gasteiger partial charge on any atom is 0.305 e. The highest BCUT2D eigenvalue weighted by Gasteiger charge is 2.36. The fourth-order valence-corrected chi connectivity index (χ4v) is 3.21. The number of Topliss-reactive ketones (excluding diaryl/α,β-unsaturated/α-hetero) is 1. The van der Waals surface area contributed by atoms with Gasteiger partial charge in [-0.25, -0.2) is 8.78 Å². The molecule has 0 bridgehead atoms. The molecule has 2 atom stereocenters. The molecule has 0 spiro atoms. The first kappa shape index (κ1) is 27.9. The summed E-state index contributed by atoms with van der Waals surface area (Å²) in [4.78, 5) is 11.8. The van der Waals surface area contributed by atoms with Crippen LogP contribution in [0.15, 0.2) is 42.0 Å². The molecule has 180 valence electrons. The molecule has 3 nitrogen and oxygen atoms in total. The lowest BCUT2D eigenvalue weighted by molar-refractivity contribution is 0.0922. The average molecular weight is 487 g/mol. The summed E-state index contributed by atoms with van der Waals surface area (Å²) in [5.41, 5.74) is -2.23. The lowest BCUT2D eigenvalue weighted by atomic mass is 9.90. The average Bonchev–Trinajstić information content (AvgIpc) is 2.71. The van der Waals surface area contributed by atoms with Gasteiger partial charge in [-0.1, -0.05) is 20.3 Å². The van der Waals surface area contributed by atoms with E-state index in [0.717, 1.165) is 39.0 Å². The SMILES string of the molecule is CCCC(Cl)(CC)C(=O)c1cc(OC(C)C(F)=C(F)F)cc(OC(C)(C)C(F)=C(F)F)c1. The van der Waals surface area contributed by atoms with Crippen molar-refractivity contribution in [2.24, 2.45) is 0 Å². The van der Waals surface area contributed by atoms with Gasteiger partial charge in [0.25, 0.3) is 0 Å². The first-order valence-corrected chi connectivity index (χ1v) is 10.2. The van der Waals surface area contributed by atoms with Gasteiger partial charge in [0.1, 0.15) is 16.4 Å². The van der Waals surface area contributed by atoms with Gasteiger partial charge in [-0.3, -0.25) is 4.79 Å². The number of benzene rings is 1. The molecule has 0 saturated carbocycles. The van der Waals surface area contributed by atoms with Crippen LogP contribution in [0.4, 0.5) is 26.3 Å². The van der Waals surface area contributed by atoms with Crippen LogP contribution in [0.5, 0.6) is 11.5 Å². The van der Waals surface area contributed by atoms with Gasteiger partial charge in [0.15, 0.2) is 17.5 Å². The second-order valence-electron chi connectivity index (χ2n) is 7.65. The van der Waals surface area contributed by atoms with E-state index in [1.54, 1.807) is 6.92 Å². The van der Waals surface area contributed by atoms with E-state index in [4.69, 9.17) is 21.1 Å². The van der Waals surface area contributed by atoms with Crippen molar-refractivity contribution in [3.8, 4) is 11.5 Å². The van der Waals surface area contributed by atoms with Crippen LogP contribution in [0.1, 0.15) is 64.2 Å². The molecule has 0 fully saturated rings. The molecule has 1 aromatic rings. The molecule has 0 aliphatic rings. The van der Waals surface area contributed by atoms with Gasteiger partial charge < -0.3 is 9.47 Å². The quantitative estimate of drug-likeness (QED) is 0.180. The standard InChI is InChI=1S/C22H25ClF6O3/c1-6-8-22(23,7-2)18(30)13-9-14(31-12(3)16(24)19(26)27)11-15(10-13)32-21(4,5)17(25)20(28)29/h9-12H,6-8H2,1-5H3. The molecule has 0 N–H and O–H groups in total. The summed E-state index contributed by atoms with van der Waals surface area (Å²) in [7, 11) is 0. The maximum absolute atomic E-state index is 13.8. The van der Waals surface area contributed by atoms with Gasteiger partial charge in [-0.15, -0.1) is 11.6 Å². The molecule has 0 saturated heterocycles. The van der Waals surface area contributed by atoms with E-state index in [0.29, 0.717) is 12.8 Å². The van der Waals surface area contributed by atoms with Crippen LogP contribution in [0, 0.1) is 0 Å². The molecule has 0 radical (unpaired) electrons. The number of ether oxygens (including phenoxy) is 2. The fourth-order valence-electron chi connectivity index (χ4n) is 2.91. The van der Waals surface area contributed by atoms with Crippen molar-refractivity contribution >= 4 is 17.4 Å². The number of halogens is 7. The van der Waals surface area contributed by atoms with E-state index in [1.807, 2.05) is 6.92 Å². The summed E-state index contributed by atoms with van der Waals surface area (Å²) in [6, 6.07) is 3.34. The number of carbonyl (C=O) groups is 1. The third kappa shape index (κ3) is 6.92. The van der Waals surface area contributed by atoms with Gasteiger partial charge in [0, 0.05) is 11.6 Å². The molecule has 1 rings (SSSR count). The number of ketones is 1. The molecule has 0 aromatic heterocycles. The zero-order chi connectivity index (χ0) is 24.9. The summed E-state index contributed by atoms with van der Waals surface area (Å²) >= 11 is 6.47. The number of carbonyl (C=O) groups excluding carboxylic acids is 1. The summed E-state index contributed by atoms with van der Waals surface area (Å²) < 4.78 is 88.4. The van der Waals surface area contributed by atoms with Crippen LogP contribution in [0.25, 0.3) is 0 Å². The van der Waals surface area contributed by atoms with Gasteiger partial charge in [-0.05, 0) is 45.7 Å². The molecular weight excluding hydrogens is 462 g/mol. The predicted octanol–water partition coefficient (Wildman–Crippen LogP) is 8.14. The summed E-state index contributed by atoms with van der Waals surface area (Å²) in [5.74, 6) is -4.79. The van der Waals surface area contributed by atoms with Gasteiger partial charge in [0.2, 0.25) is 11.7 Å². The number of rotatable bonds is 11. The number of hydrogen-bond acceptors (Lipinski definition) is 3. The number of hydrogen-bond donors (Lipinski definition) is 0. The second kappa shape index (κ2) is 11.1. The lowest BCUT2D eigenvalue weighted by Crippen LogP contribution is -2.32. The van der Waals surface area contributed by atoms with Crippen LogP contribution < -0.4 is 9.47 Å². The molecule has 2 unspecified atom stereocenters. The van der Waals surface area contributed by atoms with Crippen molar-refractivity contribution in [2.75, 3.05) is 0 Å². The highest BCUT2D eigenvalue weighted by molar-refractivity contribution is 6.38. The Morgan fingerprint density at radius 3 is 2.03 bits per heavy atom. The molecule has 32 heavy (non-hydrogen) atoms. The van der Waals surface area contributed by atoms with Crippen molar-refractivity contribution in [1.82, 2.24) is 0 Å². The highest BCUT2D eigenvalue weighted by Crippen LogP contribution is 2.36. The minimum Gasteiger partial charge on any atom is -0.483 e. The topological polar surface area (TPSA) is 35.5 Å². The molecule has 0 aliphatic carbocycles. The largest absolute Gasteiger partial charge is 0.483 e. The number of alkyl halides is 1. The van der Waals surface area contributed by atoms with Crippen molar-refractivity contribution in [3.05, 3.63) is 47.6 Å². The molecule has 1 aromatic carbocycles. The molecule has 0 aliphatic heterocycles. The summed E-state index contributed by atoms with van der Waals surface area (Å²) in [6.07, 6.45) is -5.77. The van der Waals surface area contributed by atoms with Crippen molar-refractivity contribution in [1.29, 1.82) is 0 Å². The summed E-state index contributed by atoms with van der Waals surface area (Å²) in [6.45, 7) is 6.56. The molecule has 0 heterocycles. The van der Waals surface area contributed by atoms with Crippen molar-refractivity contribution < 1.29 is 40.6 Å². The second-order valence-corrected chi connectivity index (χ2v) is 8.37. The molecule has 10 heteroatoms. The zero-order valence-electron chi connectivity index (χ0n) is 18.3. The van der Waals surface area contributed by atoms with E-state index < -0.39 is 46.2 Å². The third-order valence-corrected chi connectivity index (χ3v) is 5.30. The summed E-state index contributed by atoms with van der Waals surface area (Å²) in [5, 5.41) is 0. The third-order valence-electron chi connectivity index (χ3n) is 4.67. The minimum absolute atomic E-state index is 0.0963. The first-order valence-electron chi connectivity index (χ1n) is 9.84. The zero-order valence-corrected chi connectivity index (χ0v) is 19.1. The van der Waals surface area contributed by atoms with Gasteiger partial charge >= 0.3 is 12.2 Å². The van der Waals surface area contributed by atoms with E-state index in [9.17, 15) is 31.1 Å². The van der Waals surface area contributed by atoms with Gasteiger partial charge in [0.05, 0.1) is 0 Å². The Kier molecular flexibility index (Phi) is 9.68. The first-order chi connectivity index (χ1) is 14.7. The molecular formula is C22H25ClF6O3. The van der Waals surface area contributed by atoms with E-state index in [1.165, 1.54) is 0 Å². The Bertz CT molecular complexity index is 892. The van der Waals surface area contributed by atoms with Crippen LogP contribution in [-0.2, 0) is 0 Å². The fraction of sp³-hybridized carbons (Fsp3) is 0.500. The van der Waals surface area contributed by atoms with E-state index in [2.05, 4.69) is 0 Å². The van der Waals surface area contributed by atoms with Crippen LogP contribution in [-0.4, -0.2) is 22.4 Å². The highest BCUT2D eigenvalue weighted by atomic mass is 35.5. The smallest absolute Gasteiger partial charge is 0.305 e. The Balaban J connectivity index is 3.53. The Morgan fingerprint density at radius 2 is 1.56 bits per heavy atom.